The van der Waals surface area contributed by atoms with Crippen molar-refractivity contribution >= 4 is 17.6 Å². The minimum absolute atomic E-state index is 0.0801. The van der Waals surface area contributed by atoms with Crippen molar-refractivity contribution in [3.63, 3.8) is 0 Å². The van der Waals surface area contributed by atoms with Gasteiger partial charge in [-0.25, -0.2) is 9.18 Å². The SMILES string of the molecule is COCc1cc(NC(=O)C2(c3ccc(F)cc3)CC2)cc(C(=O)O)c1. The highest BCUT2D eigenvalue weighted by Gasteiger charge is 2.51. The summed E-state index contributed by atoms with van der Waals surface area (Å²) < 4.78 is 18.2. The van der Waals surface area contributed by atoms with Crippen LogP contribution in [0, 0.1) is 5.82 Å². The molecule has 0 saturated heterocycles. The van der Waals surface area contributed by atoms with Crippen molar-refractivity contribution in [3.8, 4) is 0 Å². The minimum atomic E-state index is -1.08. The van der Waals surface area contributed by atoms with Crippen LogP contribution in [0.4, 0.5) is 10.1 Å². The van der Waals surface area contributed by atoms with Crippen LogP contribution >= 0.6 is 0 Å². The summed E-state index contributed by atoms with van der Waals surface area (Å²) in [5.74, 6) is -1.64. The first kappa shape index (κ1) is 17.1. The van der Waals surface area contributed by atoms with Crippen molar-refractivity contribution in [1.82, 2.24) is 0 Å². The molecule has 2 N–H and O–H groups in total. The Morgan fingerprint density at radius 1 is 1.20 bits per heavy atom. The lowest BCUT2D eigenvalue weighted by molar-refractivity contribution is -0.118. The van der Waals surface area contributed by atoms with Gasteiger partial charge in [-0.05, 0) is 54.3 Å². The van der Waals surface area contributed by atoms with Crippen LogP contribution in [0.1, 0.15) is 34.3 Å². The smallest absolute Gasteiger partial charge is 0.335 e. The summed E-state index contributed by atoms with van der Waals surface area (Å²) in [4.78, 5) is 24.0. The first-order chi connectivity index (χ1) is 11.9. The molecule has 1 fully saturated rings. The number of aromatic carboxylic acids is 1. The van der Waals surface area contributed by atoms with Crippen LogP contribution in [0.15, 0.2) is 42.5 Å². The van der Waals surface area contributed by atoms with Gasteiger partial charge in [-0.3, -0.25) is 4.79 Å². The molecule has 2 aromatic rings. The third-order valence-corrected chi connectivity index (χ3v) is 4.39. The molecular formula is C19H18FNO4. The number of methoxy groups -OCH3 is 1. The lowest BCUT2D eigenvalue weighted by Gasteiger charge is -2.17. The van der Waals surface area contributed by atoms with Crippen LogP contribution in [0.5, 0.6) is 0 Å². The Morgan fingerprint density at radius 3 is 2.44 bits per heavy atom. The number of carboxylic acids is 1. The molecule has 1 amide bonds. The number of amides is 1. The summed E-state index contributed by atoms with van der Waals surface area (Å²) in [5, 5.41) is 12.0. The van der Waals surface area contributed by atoms with Crippen molar-refractivity contribution < 1.29 is 23.8 Å². The van der Waals surface area contributed by atoms with Crippen molar-refractivity contribution in [1.29, 1.82) is 0 Å². The van der Waals surface area contributed by atoms with Crippen LogP contribution in [0.2, 0.25) is 0 Å². The summed E-state index contributed by atoms with van der Waals surface area (Å²) >= 11 is 0. The van der Waals surface area contributed by atoms with Gasteiger partial charge >= 0.3 is 5.97 Å². The highest BCUT2D eigenvalue weighted by molar-refractivity contribution is 6.02. The van der Waals surface area contributed by atoms with E-state index in [0.717, 1.165) is 5.56 Å². The lowest BCUT2D eigenvalue weighted by atomic mass is 9.94. The molecule has 2 aromatic carbocycles. The maximum atomic E-state index is 13.1. The highest BCUT2D eigenvalue weighted by atomic mass is 19.1. The van der Waals surface area contributed by atoms with Crippen molar-refractivity contribution in [2.24, 2.45) is 0 Å². The molecule has 0 aromatic heterocycles. The molecule has 0 bridgehead atoms. The van der Waals surface area contributed by atoms with E-state index >= 15 is 0 Å². The molecule has 6 heteroatoms. The minimum Gasteiger partial charge on any atom is -0.478 e. The fourth-order valence-corrected chi connectivity index (χ4v) is 2.93. The van der Waals surface area contributed by atoms with E-state index in [2.05, 4.69) is 5.32 Å². The molecule has 1 aliphatic rings. The van der Waals surface area contributed by atoms with Gasteiger partial charge in [-0.2, -0.15) is 0 Å². The second kappa shape index (κ2) is 6.64. The summed E-state index contributed by atoms with van der Waals surface area (Å²) in [6, 6.07) is 10.5. The monoisotopic (exact) mass is 343 g/mol. The summed E-state index contributed by atoms with van der Waals surface area (Å²) in [5.41, 5.74) is 1.23. The number of anilines is 1. The number of halogens is 1. The van der Waals surface area contributed by atoms with Gasteiger partial charge in [-0.15, -0.1) is 0 Å². The van der Waals surface area contributed by atoms with E-state index in [1.807, 2.05) is 0 Å². The first-order valence-electron chi connectivity index (χ1n) is 7.88. The maximum Gasteiger partial charge on any atom is 0.335 e. The first-order valence-corrected chi connectivity index (χ1v) is 7.88. The molecule has 0 radical (unpaired) electrons. The zero-order valence-corrected chi connectivity index (χ0v) is 13.7. The molecule has 0 unspecified atom stereocenters. The Morgan fingerprint density at radius 2 is 1.88 bits per heavy atom. The number of benzene rings is 2. The van der Waals surface area contributed by atoms with Crippen LogP contribution in [0.25, 0.3) is 0 Å². The van der Waals surface area contributed by atoms with E-state index in [4.69, 9.17) is 4.74 Å². The van der Waals surface area contributed by atoms with E-state index in [9.17, 15) is 19.1 Å². The average molecular weight is 343 g/mol. The molecule has 1 saturated carbocycles. The molecule has 3 rings (SSSR count). The number of carboxylic acid groups (broad SMARTS) is 1. The van der Waals surface area contributed by atoms with Crippen LogP contribution < -0.4 is 5.32 Å². The van der Waals surface area contributed by atoms with E-state index < -0.39 is 11.4 Å². The normalized spacial score (nSPS) is 14.8. The Bertz CT molecular complexity index is 813. The third-order valence-electron chi connectivity index (χ3n) is 4.39. The Hall–Kier alpha value is -2.73. The standard InChI is InChI=1S/C19H18FNO4/c1-25-11-12-8-13(17(22)23)10-16(9-12)21-18(24)19(6-7-19)14-2-4-15(20)5-3-14/h2-5,8-10H,6-7,11H2,1H3,(H,21,24)(H,22,23). The maximum absolute atomic E-state index is 13.1. The molecular weight excluding hydrogens is 325 g/mol. The molecule has 0 atom stereocenters. The van der Waals surface area contributed by atoms with Gasteiger partial charge in [0.2, 0.25) is 5.91 Å². The number of carbonyl (C=O) groups excluding carboxylic acids is 1. The summed E-state index contributed by atoms with van der Waals surface area (Å²) in [6.45, 7) is 0.243. The van der Waals surface area contributed by atoms with Crippen molar-refractivity contribution in [3.05, 3.63) is 65.0 Å². The number of hydrogen-bond donors (Lipinski definition) is 2. The topological polar surface area (TPSA) is 75.6 Å². The second-order valence-corrected chi connectivity index (χ2v) is 6.20. The third kappa shape index (κ3) is 3.53. The van der Waals surface area contributed by atoms with E-state index in [1.165, 1.54) is 31.4 Å². The lowest BCUT2D eigenvalue weighted by Crippen LogP contribution is -2.28. The fourth-order valence-electron chi connectivity index (χ4n) is 2.93. The number of ether oxygens (including phenoxy) is 1. The van der Waals surface area contributed by atoms with Gasteiger partial charge in [0.15, 0.2) is 0 Å². The number of rotatable bonds is 6. The van der Waals surface area contributed by atoms with Crippen LogP contribution in [-0.4, -0.2) is 24.1 Å². The quantitative estimate of drug-likeness (QED) is 0.843. The zero-order valence-electron chi connectivity index (χ0n) is 13.7. The Kier molecular flexibility index (Phi) is 4.55. The highest BCUT2D eigenvalue weighted by Crippen LogP contribution is 2.49. The summed E-state index contributed by atoms with van der Waals surface area (Å²) in [6.07, 6.45) is 1.35. The van der Waals surface area contributed by atoms with Crippen LogP contribution in [0.3, 0.4) is 0 Å². The molecule has 25 heavy (non-hydrogen) atoms. The fraction of sp³-hybridized carbons (Fsp3) is 0.263. The Labute approximate surface area is 144 Å². The molecule has 130 valence electrons. The second-order valence-electron chi connectivity index (χ2n) is 6.20. The molecule has 5 nitrogen and oxygen atoms in total. The molecule has 0 aliphatic heterocycles. The van der Waals surface area contributed by atoms with Gasteiger partial charge in [0, 0.05) is 12.8 Å². The Balaban J connectivity index is 1.85. The predicted octanol–water partition coefficient (Wildman–Crippen LogP) is 3.34. The zero-order chi connectivity index (χ0) is 18.0. The largest absolute Gasteiger partial charge is 0.478 e. The average Bonchev–Trinajstić information content (AvgIpc) is 3.37. The summed E-state index contributed by atoms with van der Waals surface area (Å²) in [7, 11) is 1.51. The number of nitrogens with one attached hydrogen (secondary N) is 1. The molecule has 0 heterocycles. The predicted molar refractivity (Wildman–Crippen MR) is 90.1 cm³/mol. The molecule has 0 spiro atoms. The van der Waals surface area contributed by atoms with Gasteiger partial charge in [0.25, 0.3) is 0 Å². The van der Waals surface area contributed by atoms with Gasteiger partial charge in [0.1, 0.15) is 5.82 Å². The number of carbonyl (C=O) groups is 2. The van der Waals surface area contributed by atoms with Gasteiger partial charge < -0.3 is 15.2 Å². The number of hydrogen-bond acceptors (Lipinski definition) is 3. The van der Waals surface area contributed by atoms with Gasteiger partial charge in [0.05, 0.1) is 17.6 Å². The van der Waals surface area contributed by atoms with E-state index in [-0.39, 0.29) is 23.9 Å². The van der Waals surface area contributed by atoms with Crippen molar-refractivity contribution in [2.75, 3.05) is 12.4 Å². The van der Waals surface area contributed by atoms with Gasteiger partial charge in [-0.1, -0.05) is 12.1 Å². The van der Waals surface area contributed by atoms with E-state index in [0.29, 0.717) is 24.1 Å². The van der Waals surface area contributed by atoms with Crippen molar-refractivity contribution in [2.45, 2.75) is 24.9 Å². The molecule has 1 aliphatic carbocycles. The van der Waals surface area contributed by atoms with Crippen LogP contribution in [-0.2, 0) is 21.6 Å². The van der Waals surface area contributed by atoms with E-state index in [1.54, 1.807) is 18.2 Å².